The second kappa shape index (κ2) is 7.36. The van der Waals surface area contributed by atoms with Crippen LogP contribution < -0.4 is 5.32 Å². The highest BCUT2D eigenvalue weighted by Gasteiger charge is 2.25. The van der Waals surface area contributed by atoms with Crippen LogP contribution in [0.25, 0.3) is 0 Å². The lowest BCUT2D eigenvalue weighted by Gasteiger charge is -2.31. The molecule has 1 fully saturated rings. The molecule has 5 heteroatoms. The third kappa shape index (κ3) is 4.78. The van der Waals surface area contributed by atoms with E-state index in [0.29, 0.717) is 12.1 Å². The van der Waals surface area contributed by atoms with Crippen molar-refractivity contribution in [3.8, 4) is 0 Å². The third-order valence-corrected chi connectivity index (χ3v) is 4.29. The summed E-state index contributed by atoms with van der Waals surface area (Å²) in [5.41, 5.74) is 0.711. The second-order valence-electron chi connectivity index (χ2n) is 5.95. The molecule has 0 spiro atoms. The molecule has 116 valence electrons. The van der Waals surface area contributed by atoms with Crippen LogP contribution in [0.4, 0.5) is 4.39 Å². The molecule has 1 aliphatic rings. The SMILES string of the molecule is CC(C)NC(=O)C1CCN(Cc2ccc(Br)cc2F)CC1. The molecule has 1 amide bonds. The van der Waals surface area contributed by atoms with Crippen molar-refractivity contribution in [2.75, 3.05) is 13.1 Å². The zero-order chi connectivity index (χ0) is 15.4. The van der Waals surface area contributed by atoms with Crippen LogP contribution in [0.1, 0.15) is 32.3 Å². The molecule has 1 aromatic carbocycles. The highest BCUT2D eigenvalue weighted by Crippen LogP contribution is 2.21. The molecule has 0 bridgehead atoms. The maximum absolute atomic E-state index is 13.8. The van der Waals surface area contributed by atoms with Gasteiger partial charge in [-0.05, 0) is 51.9 Å². The van der Waals surface area contributed by atoms with Crippen molar-refractivity contribution in [1.29, 1.82) is 0 Å². The molecule has 1 aliphatic heterocycles. The van der Waals surface area contributed by atoms with Crippen LogP contribution in [-0.4, -0.2) is 29.9 Å². The van der Waals surface area contributed by atoms with E-state index < -0.39 is 0 Å². The molecule has 1 N–H and O–H groups in total. The van der Waals surface area contributed by atoms with E-state index in [2.05, 4.69) is 26.1 Å². The van der Waals surface area contributed by atoms with Crippen molar-refractivity contribution in [2.45, 2.75) is 39.3 Å². The van der Waals surface area contributed by atoms with Gasteiger partial charge in [-0.15, -0.1) is 0 Å². The van der Waals surface area contributed by atoms with Gasteiger partial charge < -0.3 is 5.32 Å². The van der Waals surface area contributed by atoms with Crippen molar-refractivity contribution < 1.29 is 9.18 Å². The van der Waals surface area contributed by atoms with Gasteiger partial charge in [-0.2, -0.15) is 0 Å². The fourth-order valence-electron chi connectivity index (χ4n) is 2.65. The standard InChI is InChI=1S/C16H22BrFN2O/c1-11(2)19-16(21)12-5-7-20(8-6-12)10-13-3-4-14(17)9-15(13)18/h3-4,9,11-12H,5-8,10H2,1-2H3,(H,19,21). The minimum atomic E-state index is -0.177. The summed E-state index contributed by atoms with van der Waals surface area (Å²) in [5.74, 6) is 0.0712. The summed E-state index contributed by atoms with van der Waals surface area (Å²) in [6.45, 7) is 6.24. The van der Waals surface area contributed by atoms with Gasteiger partial charge in [0.15, 0.2) is 0 Å². The number of nitrogens with zero attached hydrogens (tertiary/aromatic N) is 1. The predicted molar refractivity (Wildman–Crippen MR) is 85.4 cm³/mol. The summed E-state index contributed by atoms with van der Waals surface area (Å²) in [7, 11) is 0. The Kier molecular flexibility index (Phi) is 5.76. The summed E-state index contributed by atoms with van der Waals surface area (Å²) in [6.07, 6.45) is 1.69. The molecule has 3 nitrogen and oxygen atoms in total. The molecular formula is C16H22BrFN2O. The smallest absolute Gasteiger partial charge is 0.223 e. The number of hydrogen-bond acceptors (Lipinski definition) is 2. The van der Waals surface area contributed by atoms with E-state index in [1.807, 2.05) is 26.0 Å². The number of likely N-dealkylation sites (tertiary alicyclic amines) is 1. The number of carbonyl (C=O) groups excluding carboxylic acids is 1. The van der Waals surface area contributed by atoms with E-state index in [4.69, 9.17) is 0 Å². The minimum Gasteiger partial charge on any atom is -0.354 e. The molecular weight excluding hydrogens is 335 g/mol. The highest BCUT2D eigenvalue weighted by atomic mass is 79.9. The maximum atomic E-state index is 13.8. The van der Waals surface area contributed by atoms with E-state index in [-0.39, 0.29) is 23.7 Å². The van der Waals surface area contributed by atoms with Gasteiger partial charge in [0.25, 0.3) is 0 Å². The van der Waals surface area contributed by atoms with E-state index in [9.17, 15) is 9.18 Å². The lowest BCUT2D eigenvalue weighted by Crippen LogP contribution is -2.42. The highest BCUT2D eigenvalue weighted by molar-refractivity contribution is 9.10. The molecule has 21 heavy (non-hydrogen) atoms. The van der Waals surface area contributed by atoms with Crippen LogP contribution in [0.3, 0.4) is 0 Å². The third-order valence-electron chi connectivity index (χ3n) is 3.80. The Hall–Kier alpha value is -0.940. The first-order valence-corrected chi connectivity index (χ1v) is 8.21. The van der Waals surface area contributed by atoms with Crippen LogP contribution in [-0.2, 0) is 11.3 Å². The Morgan fingerprint density at radius 3 is 2.67 bits per heavy atom. The molecule has 1 saturated heterocycles. The van der Waals surface area contributed by atoms with Crippen LogP contribution in [0.15, 0.2) is 22.7 Å². The molecule has 1 aromatic rings. The van der Waals surface area contributed by atoms with Crippen molar-refractivity contribution in [2.24, 2.45) is 5.92 Å². The van der Waals surface area contributed by atoms with Crippen molar-refractivity contribution in [1.82, 2.24) is 10.2 Å². The zero-order valence-electron chi connectivity index (χ0n) is 12.5. The number of rotatable bonds is 4. The summed E-state index contributed by atoms with van der Waals surface area (Å²) in [4.78, 5) is 14.2. The first-order chi connectivity index (χ1) is 9.95. The van der Waals surface area contributed by atoms with Crippen LogP contribution in [0.2, 0.25) is 0 Å². The molecule has 2 rings (SSSR count). The summed E-state index contributed by atoms with van der Waals surface area (Å²) >= 11 is 3.27. The summed E-state index contributed by atoms with van der Waals surface area (Å²) < 4.78 is 14.6. The fourth-order valence-corrected chi connectivity index (χ4v) is 2.98. The number of nitrogens with one attached hydrogen (secondary N) is 1. The van der Waals surface area contributed by atoms with Gasteiger partial charge in [0, 0.05) is 28.5 Å². The van der Waals surface area contributed by atoms with Crippen molar-refractivity contribution in [3.63, 3.8) is 0 Å². The van der Waals surface area contributed by atoms with E-state index in [0.717, 1.165) is 30.4 Å². The quantitative estimate of drug-likeness (QED) is 0.897. The Morgan fingerprint density at radius 1 is 1.43 bits per heavy atom. The molecule has 0 aliphatic carbocycles. The van der Waals surface area contributed by atoms with Gasteiger partial charge in [0.2, 0.25) is 5.91 Å². The topological polar surface area (TPSA) is 32.3 Å². The van der Waals surface area contributed by atoms with Crippen LogP contribution in [0, 0.1) is 11.7 Å². The number of halogens is 2. The van der Waals surface area contributed by atoms with Gasteiger partial charge in [-0.25, -0.2) is 4.39 Å². The number of piperidine rings is 1. The molecule has 0 atom stereocenters. The largest absolute Gasteiger partial charge is 0.354 e. The van der Waals surface area contributed by atoms with Crippen molar-refractivity contribution in [3.05, 3.63) is 34.1 Å². The van der Waals surface area contributed by atoms with Gasteiger partial charge >= 0.3 is 0 Å². The van der Waals surface area contributed by atoms with Gasteiger partial charge in [-0.1, -0.05) is 22.0 Å². The monoisotopic (exact) mass is 356 g/mol. The molecule has 0 radical (unpaired) electrons. The Balaban J connectivity index is 1.85. The van der Waals surface area contributed by atoms with E-state index in [1.54, 1.807) is 0 Å². The summed E-state index contributed by atoms with van der Waals surface area (Å²) in [6, 6.07) is 5.36. The lowest BCUT2D eigenvalue weighted by molar-refractivity contribution is -0.127. The number of carbonyl (C=O) groups is 1. The van der Waals surface area contributed by atoms with Crippen LogP contribution >= 0.6 is 15.9 Å². The summed E-state index contributed by atoms with van der Waals surface area (Å²) in [5, 5.41) is 2.97. The van der Waals surface area contributed by atoms with Gasteiger partial charge in [0.1, 0.15) is 5.82 Å². The van der Waals surface area contributed by atoms with Gasteiger partial charge in [0.05, 0.1) is 0 Å². The maximum Gasteiger partial charge on any atom is 0.223 e. The average molecular weight is 357 g/mol. The number of hydrogen-bond donors (Lipinski definition) is 1. The van der Waals surface area contributed by atoms with Gasteiger partial charge in [-0.3, -0.25) is 9.69 Å². The molecule has 0 aromatic heterocycles. The zero-order valence-corrected chi connectivity index (χ0v) is 14.1. The van der Waals surface area contributed by atoms with Crippen molar-refractivity contribution >= 4 is 21.8 Å². The molecule has 1 heterocycles. The average Bonchev–Trinajstić information content (AvgIpc) is 2.42. The lowest BCUT2D eigenvalue weighted by atomic mass is 9.95. The molecule has 0 unspecified atom stereocenters. The Bertz CT molecular complexity index is 499. The molecule has 0 saturated carbocycles. The Labute approximate surface area is 134 Å². The number of amides is 1. The fraction of sp³-hybridized carbons (Fsp3) is 0.562. The van der Waals surface area contributed by atoms with E-state index in [1.165, 1.54) is 6.07 Å². The normalized spacial score (nSPS) is 17.2. The van der Waals surface area contributed by atoms with Crippen LogP contribution in [0.5, 0.6) is 0 Å². The Morgan fingerprint density at radius 2 is 2.10 bits per heavy atom. The first-order valence-electron chi connectivity index (χ1n) is 7.42. The second-order valence-corrected chi connectivity index (χ2v) is 6.87. The van der Waals surface area contributed by atoms with E-state index >= 15 is 0 Å². The predicted octanol–water partition coefficient (Wildman–Crippen LogP) is 3.32. The first kappa shape index (κ1) is 16.4. The number of benzene rings is 1. The minimum absolute atomic E-state index is 0.0958.